The van der Waals surface area contributed by atoms with Crippen molar-refractivity contribution in [1.82, 2.24) is 0 Å². The van der Waals surface area contributed by atoms with E-state index in [2.05, 4.69) is 5.32 Å². The van der Waals surface area contributed by atoms with Crippen LogP contribution in [0, 0.1) is 0 Å². The second-order valence-corrected chi connectivity index (χ2v) is 6.08. The lowest BCUT2D eigenvalue weighted by molar-refractivity contribution is -0.137. The summed E-state index contributed by atoms with van der Waals surface area (Å²) in [6, 6.07) is 8.24. The Balaban J connectivity index is 0.000000791. The van der Waals surface area contributed by atoms with Gasteiger partial charge in [-0.25, -0.2) is 0 Å². The number of hydrogen-bond acceptors (Lipinski definition) is 2. The zero-order valence-electron chi connectivity index (χ0n) is 15.0. The largest absolute Gasteiger partial charge is 0.416 e. The minimum absolute atomic E-state index is 0.101. The molecule has 7 heteroatoms. The number of alkyl halides is 3. The number of halogens is 4. The van der Waals surface area contributed by atoms with Crippen LogP contribution >= 0.6 is 23.4 Å². The normalized spacial score (nSPS) is 12.7. The van der Waals surface area contributed by atoms with E-state index in [1.807, 2.05) is 27.7 Å². The fourth-order valence-corrected chi connectivity index (χ4v) is 3.48. The summed E-state index contributed by atoms with van der Waals surface area (Å²) < 4.78 is 37.8. The van der Waals surface area contributed by atoms with Crippen LogP contribution in [-0.4, -0.2) is 11.7 Å². The summed E-state index contributed by atoms with van der Waals surface area (Å²) in [5.41, 5.74) is 1.16. The van der Waals surface area contributed by atoms with Crippen LogP contribution in [0.2, 0.25) is 5.02 Å². The molecule has 1 N–H and O–H groups in total. The maximum absolute atomic E-state index is 12.6. The zero-order valence-corrected chi connectivity index (χ0v) is 16.6. The molecule has 2 nitrogen and oxygen atoms in total. The van der Waals surface area contributed by atoms with Crippen LogP contribution in [-0.2, 0) is 11.0 Å². The summed E-state index contributed by atoms with van der Waals surface area (Å²) >= 11 is 7.66. The number of hydrogen-bond donors (Lipinski definition) is 1. The van der Waals surface area contributed by atoms with Crippen LogP contribution in [0.5, 0.6) is 0 Å². The number of thioether (sulfide) groups is 1. The molecule has 0 aromatic heterocycles. The van der Waals surface area contributed by atoms with Gasteiger partial charge in [-0.15, -0.1) is 11.8 Å². The molecule has 0 saturated heterocycles. The lowest BCUT2D eigenvalue weighted by Gasteiger charge is -2.19. The highest BCUT2D eigenvalue weighted by molar-refractivity contribution is 8.00. The minimum atomic E-state index is -4.36. The van der Waals surface area contributed by atoms with Gasteiger partial charge >= 0.3 is 6.18 Å². The highest BCUT2D eigenvalue weighted by Crippen LogP contribution is 2.43. The molecular formula is C19H21ClF3NOS. The van der Waals surface area contributed by atoms with Crippen molar-refractivity contribution in [3.05, 3.63) is 47.0 Å². The number of amides is 1. The molecule has 0 saturated carbocycles. The van der Waals surface area contributed by atoms with E-state index < -0.39 is 11.7 Å². The SMILES string of the molecule is CC.CC.O=C1CSc2c(ccc(-c3ccc(C(F)(F)F)cc3)c2Cl)N1. The smallest absolute Gasteiger partial charge is 0.324 e. The summed E-state index contributed by atoms with van der Waals surface area (Å²) in [4.78, 5) is 12.1. The van der Waals surface area contributed by atoms with E-state index >= 15 is 0 Å². The molecule has 1 aliphatic heterocycles. The van der Waals surface area contributed by atoms with Gasteiger partial charge in [0.2, 0.25) is 5.91 Å². The van der Waals surface area contributed by atoms with Crippen molar-refractivity contribution < 1.29 is 18.0 Å². The van der Waals surface area contributed by atoms with Crippen molar-refractivity contribution in [3.63, 3.8) is 0 Å². The Morgan fingerprint density at radius 2 is 1.58 bits per heavy atom. The Kier molecular flexibility index (Phi) is 8.50. The molecule has 2 aromatic carbocycles. The molecule has 1 amide bonds. The number of fused-ring (bicyclic) bond motifs is 1. The topological polar surface area (TPSA) is 29.1 Å². The Bertz CT molecular complexity index is 746. The molecule has 1 aliphatic rings. The number of rotatable bonds is 1. The fourth-order valence-electron chi connectivity index (χ4n) is 2.18. The third-order valence-corrected chi connectivity index (χ3v) is 4.87. The Morgan fingerprint density at radius 1 is 1.00 bits per heavy atom. The lowest BCUT2D eigenvalue weighted by Crippen LogP contribution is -2.18. The van der Waals surface area contributed by atoms with Crippen LogP contribution in [0.15, 0.2) is 41.3 Å². The first kappa shape index (κ1) is 22.4. The Labute approximate surface area is 161 Å². The Morgan fingerprint density at radius 3 is 2.12 bits per heavy atom. The molecule has 0 radical (unpaired) electrons. The van der Waals surface area contributed by atoms with Gasteiger partial charge in [0.15, 0.2) is 0 Å². The standard InChI is InChI=1S/C15H9ClF3NOS.2C2H6/c16-13-10(5-6-11-14(13)22-7-12(21)20-11)8-1-3-9(4-2-8)15(17,18)19;2*1-2/h1-6H,7H2,(H,20,21);2*1-2H3. The second-order valence-electron chi connectivity index (χ2n) is 4.72. The molecule has 142 valence electrons. The molecule has 0 spiro atoms. The molecule has 0 unspecified atom stereocenters. The number of carbonyl (C=O) groups is 1. The molecular weight excluding hydrogens is 383 g/mol. The van der Waals surface area contributed by atoms with Crippen molar-refractivity contribution >= 4 is 35.0 Å². The van der Waals surface area contributed by atoms with Crippen molar-refractivity contribution in [2.45, 2.75) is 38.8 Å². The van der Waals surface area contributed by atoms with E-state index in [0.717, 1.165) is 17.0 Å². The summed E-state index contributed by atoms with van der Waals surface area (Å²) in [6.45, 7) is 8.00. The van der Waals surface area contributed by atoms with Crippen LogP contribution < -0.4 is 5.32 Å². The van der Waals surface area contributed by atoms with Gasteiger partial charge in [0.25, 0.3) is 0 Å². The lowest BCUT2D eigenvalue weighted by atomic mass is 10.0. The highest BCUT2D eigenvalue weighted by Gasteiger charge is 2.30. The average Bonchev–Trinajstić information content (AvgIpc) is 2.65. The first-order valence-corrected chi connectivity index (χ1v) is 9.65. The van der Waals surface area contributed by atoms with Crippen LogP contribution in [0.4, 0.5) is 18.9 Å². The van der Waals surface area contributed by atoms with E-state index in [-0.39, 0.29) is 11.7 Å². The van der Waals surface area contributed by atoms with Crippen molar-refractivity contribution in [1.29, 1.82) is 0 Å². The maximum atomic E-state index is 12.6. The highest BCUT2D eigenvalue weighted by atomic mass is 35.5. The van der Waals surface area contributed by atoms with Gasteiger partial charge in [-0.3, -0.25) is 4.79 Å². The van der Waals surface area contributed by atoms with E-state index in [0.29, 0.717) is 21.8 Å². The Hall–Kier alpha value is -1.66. The average molecular weight is 404 g/mol. The number of benzene rings is 2. The molecule has 26 heavy (non-hydrogen) atoms. The van der Waals surface area contributed by atoms with Gasteiger partial charge in [0, 0.05) is 5.56 Å². The van der Waals surface area contributed by atoms with Crippen molar-refractivity contribution in [2.24, 2.45) is 0 Å². The van der Waals surface area contributed by atoms with Crippen molar-refractivity contribution in [3.8, 4) is 11.1 Å². The first-order valence-electron chi connectivity index (χ1n) is 8.29. The molecule has 3 rings (SSSR count). The van der Waals surface area contributed by atoms with E-state index in [9.17, 15) is 18.0 Å². The van der Waals surface area contributed by atoms with Crippen LogP contribution in [0.1, 0.15) is 33.3 Å². The quantitative estimate of drug-likeness (QED) is 0.549. The molecule has 1 heterocycles. The van der Waals surface area contributed by atoms with E-state index in [1.165, 1.54) is 23.9 Å². The van der Waals surface area contributed by atoms with Gasteiger partial charge in [-0.05, 0) is 23.8 Å². The number of anilines is 1. The fraction of sp³-hybridized carbons (Fsp3) is 0.316. The zero-order chi connectivity index (χ0) is 19.9. The van der Waals surface area contributed by atoms with E-state index in [1.54, 1.807) is 12.1 Å². The van der Waals surface area contributed by atoms with Gasteiger partial charge in [0.1, 0.15) is 0 Å². The second kappa shape index (κ2) is 9.88. The summed E-state index contributed by atoms with van der Waals surface area (Å²) in [7, 11) is 0. The molecule has 0 fully saturated rings. The summed E-state index contributed by atoms with van der Waals surface area (Å²) in [5.74, 6) is 0.166. The van der Waals surface area contributed by atoms with Gasteiger partial charge in [-0.1, -0.05) is 57.5 Å². The molecule has 0 atom stereocenters. The third kappa shape index (κ3) is 5.17. The van der Waals surface area contributed by atoms with Crippen LogP contribution in [0.3, 0.4) is 0 Å². The van der Waals surface area contributed by atoms with Gasteiger partial charge < -0.3 is 5.32 Å². The van der Waals surface area contributed by atoms with Gasteiger partial charge in [0.05, 0.1) is 26.9 Å². The van der Waals surface area contributed by atoms with E-state index in [4.69, 9.17) is 11.6 Å². The van der Waals surface area contributed by atoms with Crippen molar-refractivity contribution in [2.75, 3.05) is 11.1 Å². The van der Waals surface area contributed by atoms with Gasteiger partial charge in [-0.2, -0.15) is 13.2 Å². The number of carbonyl (C=O) groups excluding carboxylic acids is 1. The minimum Gasteiger partial charge on any atom is -0.324 e. The molecule has 0 bridgehead atoms. The third-order valence-electron chi connectivity index (χ3n) is 3.24. The number of nitrogens with one attached hydrogen (secondary N) is 1. The maximum Gasteiger partial charge on any atom is 0.416 e. The predicted molar refractivity (Wildman–Crippen MR) is 104 cm³/mol. The van der Waals surface area contributed by atoms with Crippen LogP contribution in [0.25, 0.3) is 11.1 Å². The monoisotopic (exact) mass is 403 g/mol. The first-order chi connectivity index (χ1) is 12.4. The summed E-state index contributed by atoms with van der Waals surface area (Å²) in [6.07, 6.45) is -4.36. The predicted octanol–water partition coefficient (Wildman–Crippen LogP) is 7.12. The molecule has 0 aliphatic carbocycles. The summed E-state index contributed by atoms with van der Waals surface area (Å²) in [5, 5.41) is 3.15. The molecule has 2 aromatic rings.